The predicted molar refractivity (Wildman–Crippen MR) is 101 cm³/mol. The molecule has 0 saturated heterocycles. The molecule has 0 aliphatic heterocycles. The third-order valence-corrected chi connectivity index (χ3v) is 5.12. The van der Waals surface area contributed by atoms with Gasteiger partial charge in [-0.15, -0.1) is 11.3 Å². The van der Waals surface area contributed by atoms with Crippen molar-refractivity contribution in [2.24, 2.45) is 0 Å². The first-order valence-corrected chi connectivity index (χ1v) is 9.54. The Bertz CT molecular complexity index is 791. The molecule has 0 radical (unpaired) electrons. The molecular formula is C18H17BrFNO4S. The Morgan fingerprint density at radius 3 is 2.42 bits per heavy atom. The maximum atomic E-state index is 12.9. The Hall–Kier alpha value is -2.06. The van der Waals surface area contributed by atoms with Gasteiger partial charge in [0.1, 0.15) is 5.82 Å². The van der Waals surface area contributed by atoms with Gasteiger partial charge >= 0.3 is 5.97 Å². The van der Waals surface area contributed by atoms with Gasteiger partial charge in [-0.3, -0.25) is 14.4 Å². The van der Waals surface area contributed by atoms with Crippen LogP contribution in [0.3, 0.4) is 0 Å². The Labute approximate surface area is 162 Å². The van der Waals surface area contributed by atoms with Gasteiger partial charge in [-0.25, -0.2) is 4.39 Å². The van der Waals surface area contributed by atoms with E-state index in [9.17, 15) is 18.8 Å². The topological polar surface area (TPSA) is 72.5 Å². The first-order chi connectivity index (χ1) is 12.4. The largest absolute Gasteiger partial charge is 0.452 e. The summed E-state index contributed by atoms with van der Waals surface area (Å²) < 4.78 is 18.9. The molecule has 0 aliphatic rings. The molecule has 0 fully saturated rings. The van der Waals surface area contributed by atoms with E-state index in [1.54, 1.807) is 19.1 Å². The van der Waals surface area contributed by atoms with Crippen LogP contribution in [0.1, 0.15) is 35.9 Å². The standard InChI is InChI=1S/C18H17BrFNO4S/c1-2-14(18(24)21-12-5-3-11(20)4-6-12)25-17(23)10-7-13(22)15-8-9-16(19)26-15/h3-6,8-9,14H,2,7,10H2,1H3,(H,21,24). The lowest BCUT2D eigenvalue weighted by atomic mass is 10.2. The first-order valence-electron chi connectivity index (χ1n) is 7.93. The van der Waals surface area contributed by atoms with Crippen molar-refractivity contribution in [2.75, 3.05) is 5.32 Å². The van der Waals surface area contributed by atoms with Crippen LogP contribution < -0.4 is 5.32 Å². The van der Waals surface area contributed by atoms with Gasteiger partial charge in [0.15, 0.2) is 11.9 Å². The van der Waals surface area contributed by atoms with Crippen molar-refractivity contribution in [3.05, 3.63) is 50.9 Å². The fraction of sp³-hybridized carbons (Fsp3) is 0.278. The van der Waals surface area contributed by atoms with Crippen molar-refractivity contribution < 1.29 is 23.5 Å². The van der Waals surface area contributed by atoms with Crippen LogP contribution in [0.15, 0.2) is 40.2 Å². The van der Waals surface area contributed by atoms with Gasteiger partial charge in [0.05, 0.1) is 15.1 Å². The van der Waals surface area contributed by atoms with E-state index in [2.05, 4.69) is 21.2 Å². The second-order valence-electron chi connectivity index (χ2n) is 5.41. The molecule has 0 spiro atoms. The quantitative estimate of drug-likeness (QED) is 0.480. The van der Waals surface area contributed by atoms with Crippen LogP contribution in [0.5, 0.6) is 0 Å². The minimum Gasteiger partial charge on any atom is -0.452 e. The number of hydrogen-bond acceptors (Lipinski definition) is 5. The SMILES string of the molecule is CCC(OC(=O)CCC(=O)c1ccc(Br)s1)C(=O)Nc1ccc(F)cc1. The van der Waals surface area contributed by atoms with Gasteiger partial charge < -0.3 is 10.1 Å². The number of esters is 1. The van der Waals surface area contributed by atoms with Crippen LogP contribution in [0.4, 0.5) is 10.1 Å². The molecule has 2 rings (SSSR count). The average molecular weight is 442 g/mol. The molecule has 8 heteroatoms. The Balaban J connectivity index is 1.83. The van der Waals surface area contributed by atoms with E-state index in [4.69, 9.17) is 4.74 Å². The van der Waals surface area contributed by atoms with Crippen molar-refractivity contribution in [3.8, 4) is 0 Å². The molecule has 0 saturated carbocycles. The van der Waals surface area contributed by atoms with Crippen molar-refractivity contribution in [1.82, 2.24) is 0 Å². The van der Waals surface area contributed by atoms with Crippen molar-refractivity contribution in [2.45, 2.75) is 32.3 Å². The molecular weight excluding hydrogens is 425 g/mol. The maximum Gasteiger partial charge on any atom is 0.307 e. The number of ketones is 1. The van der Waals surface area contributed by atoms with E-state index >= 15 is 0 Å². The van der Waals surface area contributed by atoms with Crippen LogP contribution in [0.25, 0.3) is 0 Å². The Morgan fingerprint density at radius 1 is 1.15 bits per heavy atom. The van der Waals surface area contributed by atoms with Gasteiger partial charge in [0.25, 0.3) is 5.91 Å². The number of carbonyl (C=O) groups is 3. The normalized spacial score (nSPS) is 11.7. The van der Waals surface area contributed by atoms with Gasteiger partial charge in [0.2, 0.25) is 0 Å². The molecule has 1 atom stereocenters. The summed E-state index contributed by atoms with van der Waals surface area (Å²) in [4.78, 5) is 36.7. The van der Waals surface area contributed by atoms with Gasteiger partial charge in [-0.2, -0.15) is 0 Å². The molecule has 5 nitrogen and oxygen atoms in total. The summed E-state index contributed by atoms with van der Waals surface area (Å²) in [5, 5.41) is 2.57. The summed E-state index contributed by atoms with van der Waals surface area (Å²) in [6, 6.07) is 8.73. The molecule has 0 aliphatic carbocycles. The summed E-state index contributed by atoms with van der Waals surface area (Å²) in [7, 11) is 0. The van der Waals surface area contributed by atoms with Crippen LogP contribution >= 0.6 is 27.3 Å². The van der Waals surface area contributed by atoms with E-state index < -0.39 is 23.8 Å². The number of Topliss-reactive ketones (excluding diaryl/α,β-unsaturated/α-hetero) is 1. The van der Waals surface area contributed by atoms with E-state index in [0.29, 0.717) is 10.6 Å². The number of anilines is 1. The second kappa shape index (κ2) is 9.59. The second-order valence-corrected chi connectivity index (χ2v) is 7.87. The lowest BCUT2D eigenvalue weighted by Gasteiger charge is -2.16. The zero-order valence-corrected chi connectivity index (χ0v) is 16.4. The number of halogens is 2. The number of amides is 1. The zero-order chi connectivity index (χ0) is 19.1. The molecule has 1 heterocycles. The maximum absolute atomic E-state index is 12.9. The van der Waals surface area contributed by atoms with Crippen molar-refractivity contribution >= 4 is 50.6 Å². The molecule has 1 aromatic heterocycles. The zero-order valence-electron chi connectivity index (χ0n) is 14.0. The molecule has 26 heavy (non-hydrogen) atoms. The molecule has 2 aromatic rings. The summed E-state index contributed by atoms with van der Waals surface area (Å²) in [6.45, 7) is 1.70. The number of nitrogens with one attached hydrogen (secondary N) is 1. The van der Waals surface area contributed by atoms with E-state index in [0.717, 1.165) is 3.79 Å². The van der Waals surface area contributed by atoms with Gasteiger partial charge in [0, 0.05) is 12.1 Å². The van der Waals surface area contributed by atoms with Crippen molar-refractivity contribution in [3.63, 3.8) is 0 Å². The van der Waals surface area contributed by atoms with Crippen LogP contribution in [0, 0.1) is 5.82 Å². The third kappa shape index (κ3) is 6.03. The monoisotopic (exact) mass is 441 g/mol. The fourth-order valence-corrected chi connectivity index (χ4v) is 3.45. The summed E-state index contributed by atoms with van der Waals surface area (Å²) in [5.74, 6) is -1.68. The molecule has 1 aromatic carbocycles. The minimum atomic E-state index is -0.974. The van der Waals surface area contributed by atoms with Gasteiger partial charge in [-0.05, 0) is 58.7 Å². The molecule has 138 valence electrons. The van der Waals surface area contributed by atoms with E-state index in [1.807, 2.05) is 0 Å². The number of ether oxygens (including phenoxy) is 1. The van der Waals surface area contributed by atoms with Crippen molar-refractivity contribution in [1.29, 1.82) is 0 Å². The number of rotatable bonds is 8. The highest BCUT2D eigenvalue weighted by Crippen LogP contribution is 2.23. The molecule has 0 bridgehead atoms. The Kier molecular flexibility index (Phi) is 7.47. The average Bonchev–Trinajstić information content (AvgIpc) is 3.06. The van der Waals surface area contributed by atoms with Crippen LogP contribution in [-0.2, 0) is 14.3 Å². The summed E-state index contributed by atoms with van der Waals surface area (Å²) in [5.41, 5.74) is 0.407. The third-order valence-electron chi connectivity index (χ3n) is 3.45. The molecule has 1 N–H and O–H groups in total. The lowest BCUT2D eigenvalue weighted by Crippen LogP contribution is -2.32. The molecule has 1 unspecified atom stereocenters. The number of thiophene rings is 1. The number of hydrogen-bond donors (Lipinski definition) is 1. The van der Waals surface area contributed by atoms with E-state index in [1.165, 1.54) is 35.6 Å². The fourth-order valence-electron chi connectivity index (χ4n) is 2.10. The van der Waals surface area contributed by atoms with E-state index in [-0.39, 0.29) is 25.0 Å². The lowest BCUT2D eigenvalue weighted by molar-refractivity contribution is -0.154. The minimum absolute atomic E-state index is 0.0157. The number of carbonyl (C=O) groups excluding carboxylic acids is 3. The highest BCUT2D eigenvalue weighted by Gasteiger charge is 2.22. The molecule has 1 amide bonds. The smallest absolute Gasteiger partial charge is 0.307 e. The first kappa shape index (κ1) is 20.3. The highest BCUT2D eigenvalue weighted by molar-refractivity contribution is 9.11. The van der Waals surface area contributed by atoms with Crippen LogP contribution in [0.2, 0.25) is 0 Å². The highest BCUT2D eigenvalue weighted by atomic mass is 79.9. The van der Waals surface area contributed by atoms with Crippen LogP contribution in [-0.4, -0.2) is 23.8 Å². The van der Waals surface area contributed by atoms with Gasteiger partial charge in [-0.1, -0.05) is 6.92 Å². The number of benzene rings is 1. The predicted octanol–water partition coefficient (Wildman–Crippen LogP) is 4.57. The summed E-state index contributed by atoms with van der Waals surface area (Å²) in [6.07, 6.45) is -0.778. The Morgan fingerprint density at radius 2 is 1.85 bits per heavy atom. The summed E-state index contributed by atoms with van der Waals surface area (Å²) >= 11 is 4.58.